The highest BCUT2D eigenvalue weighted by atomic mass is 16.7. The standard InChI is InChI=1S/C21H23N5O6/c22-20(25-26(30)31)23-11-5-10-18(19(27)28)24-21(29)32-12-17-15-8-3-1-6-13(15)14-7-2-4-9-16(14)17/h1-4,6-9,17-18H,5,10-12H2,(H,24,29)(H,27,28)(H3,22,23,25). The highest BCUT2D eigenvalue weighted by molar-refractivity contribution is 5.81. The molecule has 5 N–H and O–H groups in total. The number of benzene rings is 2. The van der Waals surface area contributed by atoms with Gasteiger partial charge in [-0.2, -0.15) is 0 Å². The molecule has 1 atom stereocenters. The van der Waals surface area contributed by atoms with Crippen LogP contribution >= 0.6 is 0 Å². The number of nitrogens with zero attached hydrogens (tertiary/aromatic N) is 2. The molecule has 168 valence electrons. The van der Waals surface area contributed by atoms with Crippen molar-refractivity contribution in [3.8, 4) is 11.1 Å². The summed E-state index contributed by atoms with van der Waals surface area (Å²) in [5, 5.41) is 21.1. The van der Waals surface area contributed by atoms with Gasteiger partial charge in [-0.3, -0.25) is 0 Å². The Bertz CT molecular complexity index is 995. The average molecular weight is 441 g/mol. The molecule has 0 spiro atoms. The van der Waals surface area contributed by atoms with Crippen molar-refractivity contribution in [1.82, 2.24) is 10.7 Å². The van der Waals surface area contributed by atoms with Gasteiger partial charge in [-0.25, -0.2) is 24.7 Å². The van der Waals surface area contributed by atoms with Crippen molar-refractivity contribution in [3.05, 3.63) is 69.8 Å². The van der Waals surface area contributed by atoms with Crippen molar-refractivity contribution in [3.63, 3.8) is 0 Å². The average Bonchev–Trinajstić information content (AvgIpc) is 3.07. The van der Waals surface area contributed by atoms with Gasteiger partial charge in [0, 0.05) is 12.5 Å². The van der Waals surface area contributed by atoms with Gasteiger partial charge in [-0.1, -0.05) is 54.0 Å². The first-order valence-electron chi connectivity index (χ1n) is 9.92. The third-order valence-electron chi connectivity index (χ3n) is 5.07. The van der Waals surface area contributed by atoms with Crippen LogP contribution in [0.1, 0.15) is 29.9 Å². The molecule has 0 fully saturated rings. The smallest absolute Gasteiger partial charge is 0.407 e. The topological polar surface area (TPSA) is 169 Å². The second-order valence-corrected chi connectivity index (χ2v) is 7.14. The van der Waals surface area contributed by atoms with E-state index in [1.54, 1.807) is 5.43 Å². The highest BCUT2D eigenvalue weighted by Crippen LogP contribution is 2.44. The van der Waals surface area contributed by atoms with Crippen LogP contribution in [0.3, 0.4) is 0 Å². The maximum Gasteiger partial charge on any atom is 0.407 e. The third-order valence-corrected chi connectivity index (χ3v) is 5.07. The first-order valence-corrected chi connectivity index (χ1v) is 9.92. The minimum Gasteiger partial charge on any atom is -0.480 e. The van der Waals surface area contributed by atoms with E-state index in [2.05, 4.69) is 10.3 Å². The highest BCUT2D eigenvalue weighted by Gasteiger charge is 2.29. The zero-order valence-corrected chi connectivity index (χ0v) is 17.1. The first-order chi connectivity index (χ1) is 15.4. The molecule has 32 heavy (non-hydrogen) atoms. The molecule has 0 aliphatic heterocycles. The van der Waals surface area contributed by atoms with Crippen LogP contribution < -0.4 is 16.5 Å². The van der Waals surface area contributed by atoms with Crippen LogP contribution in [0.15, 0.2) is 53.5 Å². The van der Waals surface area contributed by atoms with E-state index < -0.39 is 23.1 Å². The van der Waals surface area contributed by atoms with Gasteiger partial charge in [-0.15, -0.1) is 0 Å². The number of carboxylic acids is 1. The number of hydrazine groups is 1. The van der Waals surface area contributed by atoms with Crippen molar-refractivity contribution in [1.29, 1.82) is 0 Å². The second-order valence-electron chi connectivity index (χ2n) is 7.14. The fourth-order valence-electron chi connectivity index (χ4n) is 3.66. The molecule has 0 saturated heterocycles. The lowest BCUT2D eigenvalue weighted by Crippen LogP contribution is -2.41. The summed E-state index contributed by atoms with van der Waals surface area (Å²) in [6, 6.07) is 14.6. The molecule has 0 bridgehead atoms. The Morgan fingerprint density at radius 2 is 1.75 bits per heavy atom. The van der Waals surface area contributed by atoms with Gasteiger partial charge in [-0.05, 0) is 35.1 Å². The third kappa shape index (κ3) is 5.50. The van der Waals surface area contributed by atoms with Crippen LogP contribution in [0.4, 0.5) is 4.79 Å². The zero-order valence-electron chi connectivity index (χ0n) is 17.1. The summed E-state index contributed by atoms with van der Waals surface area (Å²) in [5.41, 5.74) is 11.3. The van der Waals surface area contributed by atoms with E-state index in [1.807, 2.05) is 48.5 Å². The molecular formula is C21H23N5O6. The number of carbonyl (C=O) groups excluding carboxylic acids is 1. The molecule has 0 heterocycles. The van der Waals surface area contributed by atoms with E-state index in [0.717, 1.165) is 22.3 Å². The molecule has 3 rings (SSSR count). The van der Waals surface area contributed by atoms with Gasteiger partial charge < -0.3 is 20.9 Å². The molecule has 2 aromatic rings. The lowest BCUT2D eigenvalue weighted by atomic mass is 9.98. The van der Waals surface area contributed by atoms with E-state index in [9.17, 15) is 24.8 Å². The predicted molar refractivity (Wildman–Crippen MR) is 115 cm³/mol. The minimum atomic E-state index is -1.22. The number of rotatable bonds is 9. The summed E-state index contributed by atoms with van der Waals surface area (Å²) < 4.78 is 5.36. The Morgan fingerprint density at radius 3 is 2.31 bits per heavy atom. The Kier molecular flexibility index (Phi) is 7.21. The predicted octanol–water partition coefficient (Wildman–Crippen LogP) is 1.85. The van der Waals surface area contributed by atoms with Crippen LogP contribution in [0.2, 0.25) is 0 Å². The molecule has 1 aliphatic carbocycles. The number of nitro groups is 1. The lowest BCUT2D eigenvalue weighted by Gasteiger charge is -2.17. The number of carbonyl (C=O) groups is 2. The largest absolute Gasteiger partial charge is 0.480 e. The fraction of sp³-hybridized carbons (Fsp3) is 0.286. The molecule has 0 aromatic heterocycles. The number of ether oxygens (including phenoxy) is 1. The van der Waals surface area contributed by atoms with Crippen LogP contribution in [0.25, 0.3) is 11.1 Å². The van der Waals surface area contributed by atoms with E-state index in [-0.39, 0.29) is 37.9 Å². The minimum absolute atomic E-state index is 0.0504. The molecule has 1 aliphatic rings. The van der Waals surface area contributed by atoms with Gasteiger partial charge in [0.15, 0.2) is 5.03 Å². The van der Waals surface area contributed by atoms with Crippen molar-refractivity contribution in [2.45, 2.75) is 24.8 Å². The van der Waals surface area contributed by atoms with Gasteiger partial charge >= 0.3 is 12.1 Å². The van der Waals surface area contributed by atoms with Gasteiger partial charge in [0.05, 0.1) is 0 Å². The molecule has 0 radical (unpaired) electrons. The number of guanidine groups is 1. The summed E-state index contributed by atoms with van der Waals surface area (Å²) >= 11 is 0. The number of hydrogen-bond donors (Lipinski definition) is 4. The van der Waals surface area contributed by atoms with E-state index in [4.69, 9.17) is 10.5 Å². The Morgan fingerprint density at radius 1 is 1.16 bits per heavy atom. The number of aliphatic carboxylic acids is 1. The number of carboxylic acid groups (broad SMARTS) is 1. The summed E-state index contributed by atoms with van der Waals surface area (Å²) in [6.45, 7) is 0.127. The van der Waals surface area contributed by atoms with Crippen molar-refractivity contribution in [2.24, 2.45) is 10.7 Å². The molecular weight excluding hydrogens is 418 g/mol. The maximum atomic E-state index is 12.3. The Balaban J connectivity index is 1.54. The Hall–Kier alpha value is -4.15. The number of nitrogens with one attached hydrogen (secondary N) is 2. The van der Waals surface area contributed by atoms with Crippen molar-refractivity contribution < 1.29 is 24.5 Å². The molecule has 2 aromatic carbocycles. The summed E-state index contributed by atoms with van der Waals surface area (Å²) in [5.74, 6) is -1.74. The van der Waals surface area contributed by atoms with Gasteiger partial charge in [0.2, 0.25) is 0 Å². The zero-order chi connectivity index (χ0) is 23.1. The number of hydrogen-bond acceptors (Lipinski definition) is 6. The molecule has 0 saturated carbocycles. The number of amides is 1. The SMILES string of the molecule is NC(=NCCCC(NC(=O)OCC1c2ccccc2-c2ccccc21)C(=O)O)N[N+](=O)[O-]. The molecule has 11 heteroatoms. The quantitative estimate of drug-likeness (QED) is 0.150. The number of alkyl carbamates (subject to hydrolysis) is 1. The lowest BCUT2D eigenvalue weighted by molar-refractivity contribution is -0.525. The van der Waals surface area contributed by atoms with Gasteiger partial charge in [0.25, 0.3) is 5.96 Å². The van der Waals surface area contributed by atoms with E-state index in [0.29, 0.717) is 0 Å². The van der Waals surface area contributed by atoms with Gasteiger partial charge in [0.1, 0.15) is 12.6 Å². The Labute approximate surface area is 183 Å². The van der Waals surface area contributed by atoms with Crippen molar-refractivity contribution in [2.75, 3.05) is 13.2 Å². The fourth-order valence-corrected chi connectivity index (χ4v) is 3.66. The summed E-state index contributed by atoms with van der Waals surface area (Å²) in [7, 11) is 0. The molecule has 1 unspecified atom stereocenters. The van der Waals surface area contributed by atoms with Crippen LogP contribution in [-0.2, 0) is 9.53 Å². The second kappa shape index (κ2) is 10.2. The number of nitrogens with two attached hydrogens (primary N) is 1. The summed E-state index contributed by atoms with van der Waals surface area (Å²) in [4.78, 5) is 37.7. The maximum absolute atomic E-state index is 12.3. The van der Waals surface area contributed by atoms with E-state index >= 15 is 0 Å². The normalized spacial score (nSPS) is 13.6. The van der Waals surface area contributed by atoms with E-state index in [1.165, 1.54) is 0 Å². The first kappa shape index (κ1) is 22.5. The monoisotopic (exact) mass is 441 g/mol. The summed E-state index contributed by atoms with van der Waals surface area (Å²) in [6.07, 6.45) is -0.549. The van der Waals surface area contributed by atoms with Crippen molar-refractivity contribution >= 4 is 18.0 Å². The number of fused-ring (bicyclic) bond motifs is 3. The van der Waals surface area contributed by atoms with Crippen LogP contribution in [0.5, 0.6) is 0 Å². The van der Waals surface area contributed by atoms with Crippen LogP contribution in [0, 0.1) is 10.1 Å². The molecule has 1 amide bonds. The molecule has 11 nitrogen and oxygen atoms in total. The van der Waals surface area contributed by atoms with Crippen LogP contribution in [-0.4, -0.2) is 47.4 Å². The number of aliphatic imine (C=N–C) groups is 1.